The second-order valence-electron chi connectivity index (χ2n) is 7.82. The lowest BCUT2D eigenvalue weighted by molar-refractivity contribution is -0.143. The Bertz CT molecular complexity index is 800. The van der Waals surface area contributed by atoms with E-state index in [9.17, 15) is 9.90 Å². The molecule has 2 atom stereocenters. The summed E-state index contributed by atoms with van der Waals surface area (Å²) in [4.78, 5) is 14.7. The number of aryl methyl sites for hydroxylation is 1. The number of fused-ring (bicyclic) bond motifs is 2. The van der Waals surface area contributed by atoms with E-state index in [2.05, 4.69) is 10.6 Å². The summed E-state index contributed by atoms with van der Waals surface area (Å²) in [6, 6.07) is 8.07. The van der Waals surface area contributed by atoms with Crippen LogP contribution in [0.2, 0.25) is 0 Å². The van der Waals surface area contributed by atoms with Crippen molar-refractivity contribution in [3.05, 3.63) is 30.5 Å². The van der Waals surface area contributed by atoms with Crippen molar-refractivity contribution >= 4 is 16.8 Å². The number of hydrogen-bond donors (Lipinski definition) is 1. The standard InChI is InChI=1S/C21H28N2O3/c1-26-18-5-6-19-16(14-18)7-11-22(19)12-8-20(24)23-13-10-21(25)9-3-2-4-17(21)15-23/h5-7,11,14,17,25H,2-4,8-10,12-13,15H2,1H3/t17-,21+/m1/s1. The molecule has 0 unspecified atom stereocenters. The molecule has 140 valence electrons. The predicted octanol–water partition coefficient (Wildman–Crippen LogP) is 3.19. The molecule has 1 aliphatic carbocycles. The molecule has 1 saturated carbocycles. The lowest BCUT2D eigenvalue weighted by Gasteiger charge is -2.47. The monoisotopic (exact) mass is 356 g/mol. The van der Waals surface area contributed by atoms with Crippen LogP contribution < -0.4 is 4.74 Å². The van der Waals surface area contributed by atoms with E-state index in [4.69, 9.17) is 4.74 Å². The number of carbonyl (C=O) groups is 1. The second kappa shape index (κ2) is 6.95. The second-order valence-corrected chi connectivity index (χ2v) is 7.82. The molecule has 4 rings (SSSR count). The first kappa shape index (κ1) is 17.4. The van der Waals surface area contributed by atoms with Gasteiger partial charge in [0.15, 0.2) is 0 Å². The zero-order valence-corrected chi connectivity index (χ0v) is 15.5. The van der Waals surface area contributed by atoms with E-state index in [0.29, 0.717) is 19.5 Å². The first-order valence-corrected chi connectivity index (χ1v) is 9.72. The average molecular weight is 356 g/mol. The van der Waals surface area contributed by atoms with Gasteiger partial charge < -0.3 is 19.3 Å². The van der Waals surface area contributed by atoms with Gasteiger partial charge in [0, 0.05) is 49.1 Å². The Kier molecular flexibility index (Phi) is 4.65. The van der Waals surface area contributed by atoms with Crippen LogP contribution in [0, 0.1) is 5.92 Å². The highest BCUT2D eigenvalue weighted by molar-refractivity contribution is 5.82. The minimum absolute atomic E-state index is 0.202. The lowest BCUT2D eigenvalue weighted by atomic mass is 9.71. The van der Waals surface area contributed by atoms with Crippen LogP contribution in [-0.4, -0.2) is 46.3 Å². The zero-order valence-electron chi connectivity index (χ0n) is 15.5. The van der Waals surface area contributed by atoms with Crippen LogP contribution in [0.4, 0.5) is 0 Å². The highest BCUT2D eigenvalue weighted by Gasteiger charge is 2.43. The molecule has 0 spiro atoms. The van der Waals surface area contributed by atoms with Crippen molar-refractivity contribution < 1.29 is 14.6 Å². The van der Waals surface area contributed by atoms with Crippen molar-refractivity contribution in [1.82, 2.24) is 9.47 Å². The molecule has 2 aliphatic rings. The number of ether oxygens (including phenoxy) is 1. The Balaban J connectivity index is 1.38. The molecular weight excluding hydrogens is 328 g/mol. The third kappa shape index (κ3) is 3.20. The van der Waals surface area contributed by atoms with Gasteiger partial charge in [-0.25, -0.2) is 0 Å². The van der Waals surface area contributed by atoms with Crippen molar-refractivity contribution in [2.24, 2.45) is 5.92 Å². The number of amides is 1. The third-order valence-corrected chi connectivity index (χ3v) is 6.33. The molecular formula is C21H28N2O3. The van der Waals surface area contributed by atoms with Gasteiger partial charge in [0.2, 0.25) is 5.91 Å². The maximum atomic E-state index is 12.7. The molecule has 2 aromatic rings. The number of aromatic nitrogens is 1. The molecule has 0 bridgehead atoms. The smallest absolute Gasteiger partial charge is 0.224 e. The Morgan fingerprint density at radius 2 is 2.19 bits per heavy atom. The van der Waals surface area contributed by atoms with Crippen LogP contribution in [0.5, 0.6) is 5.75 Å². The van der Waals surface area contributed by atoms with Gasteiger partial charge in [0.25, 0.3) is 0 Å². The quantitative estimate of drug-likeness (QED) is 0.915. The number of aliphatic hydroxyl groups is 1. The Morgan fingerprint density at radius 3 is 3.04 bits per heavy atom. The summed E-state index contributed by atoms with van der Waals surface area (Å²) in [5.41, 5.74) is 0.601. The van der Waals surface area contributed by atoms with E-state index in [0.717, 1.165) is 48.9 Å². The fourth-order valence-electron chi connectivity index (χ4n) is 4.67. The molecule has 5 heteroatoms. The number of likely N-dealkylation sites (tertiary alicyclic amines) is 1. The van der Waals surface area contributed by atoms with Crippen molar-refractivity contribution in [1.29, 1.82) is 0 Å². The van der Waals surface area contributed by atoms with Gasteiger partial charge in [-0.3, -0.25) is 4.79 Å². The summed E-state index contributed by atoms with van der Waals surface area (Å²) < 4.78 is 7.40. The topological polar surface area (TPSA) is 54.7 Å². The Hall–Kier alpha value is -2.01. The van der Waals surface area contributed by atoms with Gasteiger partial charge in [0.1, 0.15) is 5.75 Å². The fraction of sp³-hybridized carbons (Fsp3) is 0.571. The molecule has 1 N–H and O–H groups in total. The SMILES string of the molecule is COc1ccc2c(ccn2CCC(=O)N2CC[C@@]3(O)CCCC[C@@H]3C2)c1. The van der Waals surface area contributed by atoms with E-state index in [1.165, 1.54) is 6.42 Å². The van der Waals surface area contributed by atoms with Crippen LogP contribution in [0.25, 0.3) is 10.9 Å². The molecule has 1 amide bonds. The first-order chi connectivity index (χ1) is 12.6. The van der Waals surface area contributed by atoms with Gasteiger partial charge in [-0.1, -0.05) is 12.8 Å². The van der Waals surface area contributed by atoms with Crippen LogP contribution in [0.15, 0.2) is 30.5 Å². The Morgan fingerprint density at radius 1 is 1.31 bits per heavy atom. The first-order valence-electron chi connectivity index (χ1n) is 9.72. The number of rotatable bonds is 4. The van der Waals surface area contributed by atoms with Gasteiger partial charge in [-0.2, -0.15) is 0 Å². The zero-order chi connectivity index (χ0) is 18.1. The van der Waals surface area contributed by atoms with E-state index < -0.39 is 5.60 Å². The summed E-state index contributed by atoms with van der Waals surface area (Å²) in [5, 5.41) is 11.9. The van der Waals surface area contributed by atoms with E-state index in [-0.39, 0.29) is 11.8 Å². The maximum absolute atomic E-state index is 12.7. The van der Waals surface area contributed by atoms with Crippen molar-refractivity contribution in [2.45, 2.75) is 50.7 Å². The normalized spacial score (nSPS) is 25.9. The van der Waals surface area contributed by atoms with Gasteiger partial charge in [0.05, 0.1) is 12.7 Å². The number of nitrogens with zero attached hydrogens (tertiary/aromatic N) is 2. The third-order valence-electron chi connectivity index (χ3n) is 6.33. The fourth-order valence-corrected chi connectivity index (χ4v) is 4.67. The van der Waals surface area contributed by atoms with Crippen LogP contribution >= 0.6 is 0 Å². The molecule has 2 heterocycles. The van der Waals surface area contributed by atoms with Gasteiger partial charge >= 0.3 is 0 Å². The van der Waals surface area contributed by atoms with E-state index in [1.54, 1.807) is 7.11 Å². The summed E-state index contributed by atoms with van der Waals surface area (Å²) in [5.74, 6) is 1.31. The number of methoxy groups -OCH3 is 1. The summed E-state index contributed by atoms with van der Waals surface area (Å²) in [6.45, 7) is 2.09. The van der Waals surface area contributed by atoms with E-state index >= 15 is 0 Å². The number of piperidine rings is 1. The molecule has 2 fully saturated rings. The summed E-state index contributed by atoms with van der Waals surface area (Å²) in [7, 11) is 1.67. The van der Waals surface area contributed by atoms with Crippen LogP contribution in [0.3, 0.4) is 0 Å². The molecule has 26 heavy (non-hydrogen) atoms. The van der Waals surface area contributed by atoms with Crippen molar-refractivity contribution in [2.75, 3.05) is 20.2 Å². The predicted molar refractivity (Wildman–Crippen MR) is 101 cm³/mol. The molecule has 1 aromatic carbocycles. The molecule has 0 radical (unpaired) electrons. The maximum Gasteiger partial charge on any atom is 0.224 e. The van der Waals surface area contributed by atoms with Crippen molar-refractivity contribution in [3.63, 3.8) is 0 Å². The van der Waals surface area contributed by atoms with Gasteiger partial charge in [-0.15, -0.1) is 0 Å². The van der Waals surface area contributed by atoms with Crippen LogP contribution in [-0.2, 0) is 11.3 Å². The lowest BCUT2D eigenvalue weighted by Crippen LogP contribution is -2.54. The number of carbonyl (C=O) groups excluding carboxylic acids is 1. The average Bonchev–Trinajstić information content (AvgIpc) is 3.07. The summed E-state index contributed by atoms with van der Waals surface area (Å²) >= 11 is 0. The van der Waals surface area contributed by atoms with Gasteiger partial charge in [-0.05, 0) is 43.5 Å². The van der Waals surface area contributed by atoms with E-state index in [1.807, 2.05) is 29.3 Å². The molecule has 5 nitrogen and oxygen atoms in total. The minimum Gasteiger partial charge on any atom is -0.497 e. The largest absolute Gasteiger partial charge is 0.497 e. The number of benzene rings is 1. The minimum atomic E-state index is -0.523. The molecule has 1 aliphatic heterocycles. The highest BCUT2D eigenvalue weighted by atomic mass is 16.5. The Labute approximate surface area is 154 Å². The van der Waals surface area contributed by atoms with Crippen LogP contribution in [0.1, 0.15) is 38.5 Å². The molecule has 1 aromatic heterocycles. The van der Waals surface area contributed by atoms with Crippen molar-refractivity contribution in [3.8, 4) is 5.75 Å². The number of hydrogen-bond acceptors (Lipinski definition) is 3. The summed E-state index contributed by atoms with van der Waals surface area (Å²) in [6.07, 6.45) is 7.51. The molecule has 1 saturated heterocycles. The highest BCUT2D eigenvalue weighted by Crippen LogP contribution is 2.39.